The molecule has 108 valence electrons. The lowest BCUT2D eigenvalue weighted by Crippen LogP contribution is -2.26. The number of hydrogen-bond donors (Lipinski definition) is 1. The second kappa shape index (κ2) is 7.12. The Hall–Kier alpha value is -1.78. The van der Waals surface area contributed by atoms with Crippen LogP contribution in [0, 0.1) is 0 Å². The van der Waals surface area contributed by atoms with E-state index in [2.05, 4.69) is 17.3 Å². The molecule has 0 aliphatic rings. The number of ether oxygens (including phenoxy) is 1. The number of benzene rings is 1. The molecule has 0 radical (unpaired) electrons. The van der Waals surface area contributed by atoms with E-state index in [1.54, 1.807) is 7.11 Å². The topological polar surface area (TPSA) is 37.6 Å². The fourth-order valence-electron chi connectivity index (χ4n) is 2.02. The van der Waals surface area contributed by atoms with E-state index in [0.29, 0.717) is 0 Å². The molecule has 1 aromatic heterocycles. The van der Waals surface area contributed by atoms with Crippen LogP contribution in [0.1, 0.15) is 5.76 Å². The van der Waals surface area contributed by atoms with Gasteiger partial charge in [-0.1, -0.05) is 0 Å². The molecule has 1 heterocycles. The zero-order chi connectivity index (χ0) is 14.4. The molecule has 20 heavy (non-hydrogen) atoms. The van der Waals surface area contributed by atoms with Crippen LogP contribution in [0.5, 0.6) is 5.75 Å². The van der Waals surface area contributed by atoms with Crippen molar-refractivity contribution in [2.24, 2.45) is 0 Å². The van der Waals surface area contributed by atoms with Gasteiger partial charge >= 0.3 is 0 Å². The molecule has 0 amide bonds. The van der Waals surface area contributed by atoms with E-state index < -0.39 is 0 Å². The third-order valence-corrected chi connectivity index (χ3v) is 3.21. The highest BCUT2D eigenvalue weighted by Gasteiger charge is 2.07. The molecule has 4 nitrogen and oxygen atoms in total. The van der Waals surface area contributed by atoms with Crippen LogP contribution in [0.3, 0.4) is 0 Å². The van der Waals surface area contributed by atoms with Gasteiger partial charge in [-0.3, -0.25) is 4.90 Å². The lowest BCUT2D eigenvalue weighted by atomic mass is 10.2. The second-order valence-corrected chi connectivity index (χ2v) is 4.84. The summed E-state index contributed by atoms with van der Waals surface area (Å²) in [6, 6.07) is 11.9. The standard InChI is InChI=1S/C16H22N2O2/c1-17-10-11-18(2)12-15-8-9-16(20-15)13-4-6-14(19-3)7-5-13/h4-9,17H,10-12H2,1-3H3. The van der Waals surface area contributed by atoms with Gasteiger partial charge in [0.05, 0.1) is 13.7 Å². The summed E-state index contributed by atoms with van der Waals surface area (Å²) in [5, 5.41) is 3.14. The van der Waals surface area contributed by atoms with Gasteiger partial charge in [-0.25, -0.2) is 0 Å². The number of likely N-dealkylation sites (N-methyl/N-ethyl adjacent to an activating group) is 2. The predicted octanol–water partition coefficient (Wildman–Crippen LogP) is 2.61. The zero-order valence-electron chi connectivity index (χ0n) is 12.3. The van der Waals surface area contributed by atoms with E-state index in [-0.39, 0.29) is 0 Å². The molecule has 0 saturated carbocycles. The van der Waals surface area contributed by atoms with Crippen molar-refractivity contribution in [1.29, 1.82) is 0 Å². The molecule has 2 aromatic rings. The SMILES string of the molecule is CNCCN(C)Cc1ccc(-c2ccc(OC)cc2)o1. The lowest BCUT2D eigenvalue weighted by molar-refractivity contribution is 0.298. The maximum atomic E-state index is 5.89. The summed E-state index contributed by atoms with van der Waals surface area (Å²) in [5.41, 5.74) is 1.06. The third-order valence-electron chi connectivity index (χ3n) is 3.21. The van der Waals surface area contributed by atoms with Crippen molar-refractivity contribution in [1.82, 2.24) is 10.2 Å². The Morgan fingerprint density at radius 3 is 2.55 bits per heavy atom. The summed E-state index contributed by atoms with van der Waals surface area (Å²) in [7, 11) is 5.72. The van der Waals surface area contributed by atoms with Gasteiger partial charge in [0, 0.05) is 18.7 Å². The lowest BCUT2D eigenvalue weighted by Gasteiger charge is -2.14. The van der Waals surface area contributed by atoms with E-state index in [1.807, 2.05) is 43.4 Å². The average Bonchev–Trinajstić information content (AvgIpc) is 2.93. The Morgan fingerprint density at radius 1 is 1.15 bits per heavy atom. The number of furan rings is 1. The Balaban J connectivity index is 2.00. The predicted molar refractivity (Wildman–Crippen MR) is 81.0 cm³/mol. The molecule has 0 atom stereocenters. The Kier molecular flexibility index (Phi) is 5.21. The second-order valence-electron chi connectivity index (χ2n) is 4.84. The first kappa shape index (κ1) is 14.6. The van der Waals surface area contributed by atoms with Crippen molar-refractivity contribution >= 4 is 0 Å². The minimum Gasteiger partial charge on any atom is -0.497 e. The summed E-state index contributed by atoms with van der Waals surface area (Å²) < 4.78 is 11.0. The maximum absolute atomic E-state index is 5.89. The molecule has 4 heteroatoms. The third kappa shape index (κ3) is 3.85. The molecule has 2 rings (SSSR count). The molecule has 1 aromatic carbocycles. The van der Waals surface area contributed by atoms with Gasteiger partial charge in [0.1, 0.15) is 17.3 Å². The van der Waals surface area contributed by atoms with Crippen LogP contribution in [0.25, 0.3) is 11.3 Å². The Labute approximate surface area is 120 Å². The largest absolute Gasteiger partial charge is 0.497 e. The molecule has 0 unspecified atom stereocenters. The van der Waals surface area contributed by atoms with E-state index in [0.717, 1.165) is 42.5 Å². The van der Waals surface area contributed by atoms with Gasteiger partial charge in [0.25, 0.3) is 0 Å². The summed E-state index contributed by atoms with van der Waals surface area (Å²) in [5.74, 6) is 2.73. The quantitative estimate of drug-likeness (QED) is 0.842. The van der Waals surface area contributed by atoms with E-state index in [4.69, 9.17) is 9.15 Å². The number of rotatable bonds is 7. The molecule has 0 bridgehead atoms. The molecule has 0 aliphatic carbocycles. The molecule has 0 saturated heterocycles. The van der Waals surface area contributed by atoms with Crippen LogP contribution in [0.2, 0.25) is 0 Å². The number of nitrogens with one attached hydrogen (secondary N) is 1. The highest BCUT2D eigenvalue weighted by molar-refractivity contribution is 5.58. The summed E-state index contributed by atoms with van der Waals surface area (Å²) in [6.45, 7) is 2.79. The fourth-order valence-corrected chi connectivity index (χ4v) is 2.02. The summed E-state index contributed by atoms with van der Waals surface area (Å²) >= 11 is 0. The minimum atomic E-state index is 0.817. The van der Waals surface area contributed by atoms with Crippen molar-refractivity contribution in [3.8, 4) is 17.1 Å². The minimum absolute atomic E-state index is 0.817. The van der Waals surface area contributed by atoms with Gasteiger partial charge in [0.15, 0.2) is 0 Å². The first-order valence-corrected chi connectivity index (χ1v) is 6.79. The van der Waals surface area contributed by atoms with Crippen molar-refractivity contribution in [2.45, 2.75) is 6.54 Å². The van der Waals surface area contributed by atoms with E-state index in [9.17, 15) is 0 Å². The Bertz CT molecular complexity index is 520. The van der Waals surface area contributed by atoms with Crippen LogP contribution < -0.4 is 10.1 Å². The van der Waals surface area contributed by atoms with E-state index >= 15 is 0 Å². The van der Waals surface area contributed by atoms with Gasteiger partial charge in [-0.2, -0.15) is 0 Å². The average molecular weight is 274 g/mol. The molecule has 1 N–H and O–H groups in total. The molecule has 0 fully saturated rings. The molecule has 0 spiro atoms. The normalized spacial score (nSPS) is 11.0. The molecular formula is C16H22N2O2. The van der Waals surface area contributed by atoms with Crippen LogP contribution in [0.4, 0.5) is 0 Å². The summed E-state index contributed by atoms with van der Waals surface area (Å²) in [6.07, 6.45) is 0. The number of hydrogen-bond acceptors (Lipinski definition) is 4. The fraction of sp³-hybridized carbons (Fsp3) is 0.375. The van der Waals surface area contributed by atoms with Crippen LogP contribution >= 0.6 is 0 Å². The Morgan fingerprint density at radius 2 is 1.90 bits per heavy atom. The molecule has 0 aliphatic heterocycles. The maximum Gasteiger partial charge on any atom is 0.134 e. The van der Waals surface area contributed by atoms with Gasteiger partial charge in [-0.05, 0) is 50.5 Å². The highest BCUT2D eigenvalue weighted by Crippen LogP contribution is 2.24. The smallest absolute Gasteiger partial charge is 0.134 e. The highest BCUT2D eigenvalue weighted by atomic mass is 16.5. The molecular weight excluding hydrogens is 252 g/mol. The summed E-state index contributed by atoms with van der Waals surface area (Å²) in [4.78, 5) is 2.23. The van der Waals surface area contributed by atoms with Crippen molar-refractivity contribution in [3.63, 3.8) is 0 Å². The number of nitrogens with zero attached hydrogens (tertiary/aromatic N) is 1. The zero-order valence-corrected chi connectivity index (χ0v) is 12.3. The van der Waals surface area contributed by atoms with Gasteiger partial charge < -0.3 is 14.5 Å². The van der Waals surface area contributed by atoms with Crippen molar-refractivity contribution < 1.29 is 9.15 Å². The number of methoxy groups -OCH3 is 1. The van der Waals surface area contributed by atoms with Crippen LogP contribution in [-0.4, -0.2) is 39.2 Å². The van der Waals surface area contributed by atoms with E-state index in [1.165, 1.54) is 0 Å². The first-order valence-electron chi connectivity index (χ1n) is 6.79. The van der Waals surface area contributed by atoms with Gasteiger partial charge in [-0.15, -0.1) is 0 Å². The monoisotopic (exact) mass is 274 g/mol. The van der Waals surface area contributed by atoms with Crippen molar-refractivity contribution in [3.05, 3.63) is 42.2 Å². The first-order chi connectivity index (χ1) is 9.72. The van der Waals surface area contributed by atoms with Crippen LogP contribution in [-0.2, 0) is 6.54 Å². The van der Waals surface area contributed by atoms with Crippen molar-refractivity contribution in [2.75, 3.05) is 34.3 Å². The van der Waals surface area contributed by atoms with Gasteiger partial charge in [0.2, 0.25) is 0 Å². The van der Waals surface area contributed by atoms with Crippen LogP contribution in [0.15, 0.2) is 40.8 Å².